The summed E-state index contributed by atoms with van der Waals surface area (Å²) in [4.78, 5) is 27.3. The Labute approximate surface area is 341 Å². The average molecular weight is 881 g/mol. The molecule has 1 aliphatic carbocycles. The first-order valence-electron chi connectivity index (χ1n) is 15.4. The molecule has 53 heavy (non-hydrogen) atoms. The van der Waals surface area contributed by atoms with Crippen LogP contribution in [0.3, 0.4) is 0 Å². The predicted molar refractivity (Wildman–Crippen MR) is 214 cm³/mol. The fourth-order valence-electron chi connectivity index (χ4n) is 5.58. The zero-order valence-corrected chi connectivity index (χ0v) is 33.9. The summed E-state index contributed by atoms with van der Waals surface area (Å²) >= 11 is 35.3. The van der Waals surface area contributed by atoms with Crippen LogP contribution in [-0.2, 0) is 19.7 Å². The zero-order valence-electron chi connectivity index (χ0n) is 26.8. The van der Waals surface area contributed by atoms with Gasteiger partial charge in [0.25, 0.3) is 0 Å². The number of rotatable bonds is 2. The summed E-state index contributed by atoms with van der Waals surface area (Å²) in [6.45, 7) is 0. The highest BCUT2D eigenvalue weighted by atomic mass is 35.5. The monoisotopic (exact) mass is 878 g/mol. The molecule has 0 N–H and O–H groups in total. The lowest BCUT2D eigenvalue weighted by Gasteiger charge is -2.21. The van der Waals surface area contributed by atoms with E-state index in [1.54, 1.807) is 36.4 Å². The van der Waals surface area contributed by atoms with Crippen LogP contribution < -0.4 is 0 Å². The summed E-state index contributed by atoms with van der Waals surface area (Å²) in [5.41, 5.74) is 0.534. The van der Waals surface area contributed by atoms with Crippen molar-refractivity contribution in [1.82, 2.24) is 0 Å². The van der Waals surface area contributed by atoms with Crippen LogP contribution in [0.4, 0.5) is 0 Å². The van der Waals surface area contributed by atoms with E-state index >= 15 is 0 Å². The van der Waals surface area contributed by atoms with Gasteiger partial charge in [-0.1, -0.05) is 100 Å². The van der Waals surface area contributed by atoms with Crippen molar-refractivity contribution < 1.29 is 26.4 Å². The topological polar surface area (TPSA) is 102 Å². The maximum absolute atomic E-state index is 13.1. The Kier molecular flexibility index (Phi) is 12.0. The smallest absolute Gasteiger partial charge is 0.209 e. The van der Waals surface area contributed by atoms with Crippen molar-refractivity contribution in [3.63, 3.8) is 0 Å². The highest BCUT2D eigenvalue weighted by Crippen LogP contribution is 2.45. The van der Waals surface area contributed by atoms with Crippen LogP contribution in [0, 0.1) is 0 Å². The Balaban J connectivity index is 0.000000155. The van der Waals surface area contributed by atoms with Crippen LogP contribution >= 0.6 is 82.4 Å². The van der Waals surface area contributed by atoms with Gasteiger partial charge in [-0.15, -0.1) is 12.6 Å². The average Bonchev–Trinajstić information content (AvgIpc) is 3.14. The van der Waals surface area contributed by atoms with E-state index < -0.39 is 19.7 Å². The molecular weight excluding hydrogens is 858 g/mol. The van der Waals surface area contributed by atoms with Gasteiger partial charge >= 0.3 is 0 Å². The van der Waals surface area contributed by atoms with E-state index in [2.05, 4.69) is 12.6 Å². The molecule has 6 nitrogen and oxygen atoms in total. The zero-order chi connectivity index (χ0) is 38.2. The molecule has 0 aromatic heterocycles. The van der Waals surface area contributed by atoms with Crippen LogP contribution in [0.5, 0.6) is 0 Å². The van der Waals surface area contributed by atoms with Crippen molar-refractivity contribution in [2.75, 3.05) is 0 Å². The van der Waals surface area contributed by atoms with Gasteiger partial charge in [-0.2, -0.15) is 0 Å². The van der Waals surface area contributed by atoms with E-state index in [-0.39, 0.29) is 68.5 Å². The second-order valence-electron chi connectivity index (χ2n) is 11.5. The minimum absolute atomic E-state index is 0.00754. The maximum atomic E-state index is 13.1. The SMILES string of the molecule is O=C1c2ccccc2S(=O)(=O)c2c1ccc(Cl)c2Cl.O=C1c2ccccc2S(=O)(=O)c2c1ccc(SC1=CC=C(Cl)CC1)c2Cl.Sc1ccc(Cl)cc1. The fraction of sp³-hybridized carbons (Fsp3) is 0.0526. The van der Waals surface area contributed by atoms with E-state index in [1.165, 1.54) is 48.2 Å². The Hall–Kier alpha value is -3.03. The molecule has 8 rings (SSSR count). The lowest BCUT2D eigenvalue weighted by molar-refractivity contribution is 0.102. The van der Waals surface area contributed by atoms with Gasteiger partial charge in [-0.3, -0.25) is 9.59 Å². The fourth-order valence-corrected chi connectivity index (χ4v) is 11.7. The van der Waals surface area contributed by atoms with Gasteiger partial charge in [0.15, 0.2) is 11.6 Å². The standard InChI is InChI=1S/C19H12Cl2O3S2.C13H6Cl2O3S.C6H5ClS/c20-11-5-7-12(8-6-11)25-15-10-9-14-18(22)13-3-1-2-4-16(13)26(23,24)19(14)17(15)21;14-9-6-5-8-12(16)7-3-1-2-4-10(7)19(17,18)13(8)11(9)15;7-5-1-3-6(8)4-2-5/h1-5,7,9-10H,6,8H2;1-6H;1-4,8H. The molecule has 0 saturated carbocycles. The molecule has 3 aliphatic rings. The summed E-state index contributed by atoms with van der Waals surface area (Å²) in [5, 5.41) is 1.63. The first-order valence-corrected chi connectivity index (χ1v) is 21.5. The Morgan fingerprint density at radius 1 is 0.547 bits per heavy atom. The van der Waals surface area contributed by atoms with Gasteiger partial charge in [0.1, 0.15) is 9.79 Å². The molecule has 0 bridgehead atoms. The van der Waals surface area contributed by atoms with Crippen molar-refractivity contribution in [2.24, 2.45) is 0 Å². The first kappa shape index (κ1) is 39.7. The largest absolute Gasteiger partial charge is 0.289 e. The second-order valence-corrected chi connectivity index (χ2v) is 19.0. The van der Waals surface area contributed by atoms with Gasteiger partial charge in [0.05, 0.1) is 24.9 Å². The lowest BCUT2D eigenvalue weighted by Crippen LogP contribution is -2.20. The molecule has 5 aromatic carbocycles. The van der Waals surface area contributed by atoms with Gasteiger partial charge in [-0.25, -0.2) is 16.8 Å². The molecule has 0 spiro atoms. The number of halogens is 5. The van der Waals surface area contributed by atoms with Crippen molar-refractivity contribution in [3.05, 3.63) is 161 Å². The van der Waals surface area contributed by atoms with Crippen molar-refractivity contribution >= 4 is 114 Å². The minimum Gasteiger partial charge on any atom is -0.289 e. The highest BCUT2D eigenvalue weighted by molar-refractivity contribution is 8.03. The van der Waals surface area contributed by atoms with Crippen LogP contribution in [0.2, 0.25) is 20.1 Å². The number of hydrogen-bond donors (Lipinski definition) is 1. The molecule has 0 saturated heterocycles. The third kappa shape index (κ3) is 7.90. The molecular formula is C38H23Cl5O6S4. The number of thiol groups is 1. The van der Waals surface area contributed by atoms with Crippen LogP contribution in [-0.4, -0.2) is 28.4 Å². The summed E-state index contributed by atoms with van der Waals surface area (Å²) in [6.07, 6.45) is 5.24. The molecule has 270 valence electrons. The van der Waals surface area contributed by atoms with Gasteiger partial charge in [0.2, 0.25) is 19.7 Å². The van der Waals surface area contributed by atoms with Gasteiger partial charge < -0.3 is 0 Å². The molecule has 15 heteroatoms. The number of ketones is 2. The van der Waals surface area contributed by atoms with E-state index in [1.807, 2.05) is 36.4 Å². The normalized spacial score (nSPS) is 15.8. The summed E-state index contributed by atoms with van der Waals surface area (Å²) in [6, 6.07) is 25.7. The number of thioether (sulfide) groups is 1. The molecule has 5 aromatic rings. The van der Waals surface area contributed by atoms with Gasteiger partial charge in [0, 0.05) is 42.1 Å². The van der Waals surface area contributed by atoms with E-state index in [0.717, 1.165) is 32.7 Å². The Bertz CT molecular complexity index is 2600. The summed E-state index contributed by atoms with van der Waals surface area (Å²) in [5.74, 6) is -0.686. The molecule has 0 atom stereocenters. The van der Waals surface area contributed by atoms with Crippen molar-refractivity contribution in [1.29, 1.82) is 0 Å². The van der Waals surface area contributed by atoms with Crippen LogP contribution in [0.25, 0.3) is 0 Å². The maximum Gasteiger partial charge on any atom is 0.209 e. The highest BCUT2D eigenvalue weighted by Gasteiger charge is 2.38. The quantitative estimate of drug-likeness (QED) is 0.173. The number of carbonyl (C=O) groups excluding carboxylic acids is 2. The van der Waals surface area contributed by atoms with E-state index in [0.29, 0.717) is 4.90 Å². The molecule has 2 heterocycles. The van der Waals surface area contributed by atoms with Crippen LogP contribution in [0.1, 0.15) is 44.7 Å². The molecule has 0 amide bonds. The number of carbonyl (C=O) groups is 2. The van der Waals surface area contributed by atoms with Gasteiger partial charge in [-0.05, 0) is 96.6 Å². The number of benzene rings is 5. The Morgan fingerprint density at radius 2 is 1.06 bits per heavy atom. The lowest BCUT2D eigenvalue weighted by atomic mass is 10.0. The predicted octanol–water partition coefficient (Wildman–Crippen LogP) is 11.6. The third-order valence-corrected chi connectivity index (χ3v) is 15.5. The van der Waals surface area contributed by atoms with Crippen LogP contribution in [0.15, 0.2) is 149 Å². The number of allylic oxidation sites excluding steroid dienone is 4. The number of sulfone groups is 2. The third-order valence-electron chi connectivity index (χ3n) is 8.11. The van der Waals surface area contributed by atoms with Crippen molar-refractivity contribution in [3.8, 4) is 0 Å². The Morgan fingerprint density at radius 3 is 1.57 bits per heavy atom. The van der Waals surface area contributed by atoms with E-state index in [4.69, 9.17) is 58.0 Å². The summed E-state index contributed by atoms with van der Waals surface area (Å²) in [7, 11) is -7.68. The molecule has 0 radical (unpaired) electrons. The number of hydrogen-bond acceptors (Lipinski definition) is 8. The molecule has 2 aliphatic heterocycles. The minimum atomic E-state index is -3.86. The van der Waals surface area contributed by atoms with Crippen molar-refractivity contribution in [2.45, 2.75) is 42.2 Å². The second kappa shape index (κ2) is 16.0. The molecule has 0 fully saturated rings. The van der Waals surface area contributed by atoms with E-state index in [9.17, 15) is 26.4 Å². The summed E-state index contributed by atoms with van der Waals surface area (Å²) < 4.78 is 51.2. The first-order chi connectivity index (χ1) is 25.1. The molecule has 0 unspecified atom stereocenters. The number of fused-ring (bicyclic) bond motifs is 4.